The molecule has 1 aromatic heterocycles. The number of ether oxygens (including phenoxy) is 2. The predicted octanol–water partition coefficient (Wildman–Crippen LogP) is 3.57. The number of ketones is 1. The van der Waals surface area contributed by atoms with Crippen LogP contribution in [0.5, 0.6) is 5.75 Å². The summed E-state index contributed by atoms with van der Waals surface area (Å²) in [5.41, 5.74) is 2.17. The molecule has 2 aromatic rings. The lowest BCUT2D eigenvalue weighted by molar-refractivity contribution is -0.140. The van der Waals surface area contributed by atoms with Crippen molar-refractivity contribution < 1.29 is 24.2 Å². The zero-order valence-electron chi connectivity index (χ0n) is 21.3. The van der Waals surface area contributed by atoms with Crippen molar-refractivity contribution in [2.24, 2.45) is 5.92 Å². The van der Waals surface area contributed by atoms with Gasteiger partial charge in [-0.3, -0.25) is 19.5 Å². The van der Waals surface area contributed by atoms with Crippen molar-refractivity contribution in [1.29, 1.82) is 0 Å². The Morgan fingerprint density at radius 2 is 1.86 bits per heavy atom. The van der Waals surface area contributed by atoms with E-state index in [4.69, 9.17) is 9.47 Å². The third kappa shape index (κ3) is 5.77. The van der Waals surface area contributed by atoms with Gasteiger partial charge in [-0.05, 0) is 60.7 Å². The van der Waals surface area contributed by atoms with Crippen molar-refractivity contribution in [3.8, 4) is 5.75 Å². The predicted molar refractivity (Wildman–Crippen MR) is 137 cm³/mol. The van der Waals surface area contributed by atoms with Crippen molar-refractivity contribution in [3.05, 3.63) is 65.0 Å². The lowest BCUT2D eigenvalue weighted by Crippen LogP contribution is -2.38. The van der Waals surface area contributed by atoms with E-state index in [1.54, 1.807) is 47.6 Å². The first-order valence-electron chi connectivity index (χ1n) is 12.6. The highest BCUT2D eigenvalue weighted by molar-refractivity contribution is 6.46. The van der Waals surface area contributed by atoms with Crippen LogP contribution in [0, 0.1) is 12.8 Å². The van der Waals surface area contributed by atoms with E-state index in [2.05, 4.69) is 23.7 Å². The maximum atomic E-state index is 13.2. The number of rotatable bonds is 9. The summed E-state index contributed by atoms with van der Waals surface area (Å²) in [7, 11) is 0. The number of benzene rings is 1. The molecule has 1 N–H and O–H groups in total. The number of Topliss-reactive ketones (excluding diaryl/α,β-unsaturated/α-hetero) is 1. The van der Waals surface area contributed by atoms with Gasteiger partial charge in [0.05, 0.1) is 31.4 Å². The SMILES string of the molecule is Cc1cc(/C(O)=C2\C(=O)C(=O)N(CCCN3CCOCC3)[C@@H]2c2ccncc2)ccc1OCC(C)C. The number of morpholine rings is 1. The first-order valence-corrected chi connectivity index (χ1v) is 12.6. The second-order valence-electron chi connectivity index (χ2n) is 9.77. The molecule has 0 aliphatic carbocycles. The summed E-state index contributed by atoms with van der Waals surface area (Å²) >= 11 is 0. The summed E-state index contributed by atoms with van der Waals surface area (Å²) in [6, 6.07) is 8.22. The Kier molecular flexibility index (Phi) is 8.38. The topological polar surface area (TPSA) is 92.2 Å². The molecule has 1 amide bonds. The molecule has 1 aromatic carbocycles. The molecule has 2 aliphatic heterocycles. The molecule has 3 heterocycles. The first kappa shape index (κ1) is 25.9. The van der Waals surface area contributed by atoms with E-state index in [1.807, 2.05) is 6.92 Å². The quantitative estimate of drug-likeness (QED) is 0.324. The summed E-state index contributed by atoms with van der Waals surface area (Å²) < 4.78 is 11.3. The lowest BCUT2D eigenvalue weighted by atomic mass is 9.95. The fourth-order valence-electron chi connectivity index (χ4n) is 4.66. The van der Waals surface area contributed by atoms with Gasteiger partial charge in [0, 0.05) is 44.1 Å². The Morgan fingerprint density at radius 1 is 1.14 bits per heavy atom. The molecule has 8 heteroatoms. The molecule has 4 rings (SSSR count). The molecule has 0 saturated carbocycles. The summed E-state index contributed by atoms with van der Waals surface area (Å²) in [5.74, 6) is -0.316. The standard InChI is InChI=1S/C28H35N3O5/c1-19(2)18-36-23-6-5-22(17-20(23)3)26(32)24-25(21-7-9-29-10-8-21)31(28(34)27(24)33)12-4-11-30-13-15-35-16-14-30/h5-10,17,19,25,32H,4,11-16,18H2,1-3H3/b26-24+/t25-/m1/s1. The van der Waals surface area contributed by atoms with Crippen LogP contribution in [0.3, 0.4) is 0 Å². The molecule has 1 atom stereocenters. The smallest absolute Gasteiger partial charge is 0.295 e. The average molecular weight is 494 g/mol. The van der Waals surface area contributed by atoms with Crippen LogP contribution in [0.1, 0.15) is 43.0 Å². The van der Waals surface area contributed by atoms with Crippen LogP contribution in [-0.4, -0.2) is 77.6 Å². The third-order valence-electron chi connectivity index (χ3n) is 6.56. The number of aromatic nitrogens is 1. The fraction of sp³-hybridized carbons (Fsp3) is 0.464. The highest BCUT2D eigenvalue weighted by Crippen LogP contribution is 2.39. The minimum absolute atomic E-state index is 0.104. The van der Waals surface area contributed by atoms with Gasteiger partial charge in [0.1, 0.15) is 11.5 Å². The van der Waals surface area contributed by atoms with Gasteiger partial charge in [0.2, 0.25) is 0 Å². The molecule has 0 spiro atoms. The third-order valence-corrected chi connectivity index (χ3v) is 6.56. The van der Waals surface area contributed by atoms with Gasteiger partial charge in [-0.1, -0.05) is 13.8 Å². The van der Waals surface area contributed by atoms with E-state index >= 15 is 0 Å². The van der Waals surface area contributed by atoms with E-state index in [0.717, 1.165) is 42.9 Å². The van der Waals surface area contributed by atoms with Gasteiger partial charge in [0.15, 0.2) is 0 Å². The number of carbonyl (C=O) groups is 2. The Balaban J connectivity index is 1.63. The number of pyridine rings is 1. The molecule has 2 fully saturated rings. The minimum atomic E-state index is -0.671. The Bertz CT molecular complexity index is 1110. The van der Waals surface area contributed by atoms with Gasteiger partial charge in [-0.15, -0.1) is 0 Å². The van der Waals surface area contributed by atoms with Crippen molar-refractivity contribution >= 4 is 17.4 Å². The fourth-order valence-corrected chi connectivity index (χ4v) is 4.66. The van der Waals surface area contributed by atoms with Crippen LogP contribution < -0.4 is 4.74 Å². The number of hydrogen-bond acceptors (Lipinski definition) is 7. The number of aliphatic hydroxyl groups is 1. The molecule has 8 nitrogen and oxygen atoms in total. The van der Waals surface area contributed by atoms with Crippen LogP contribution in [0.2, 0.25) is 0 Å². The van der Waals surface area contributed by atoms with Crippen LogP contribution in [-0.2, 0) is 14.3 Å². The average Bonchev–Trinajstić information content (AvgIpc) is 3.13. The molecule has 0 radical (unpaired) electrons. The van der Waals surface area contributed by atoms with E-state index in [-0.39, 0.29) is 11.3 Å². The molecule has 192 valence electrons. The van der Waals surface area contributed by atoms with Crippen LogP contribution in [0.4, 0.5) is 0 Å². The Morgan fingerprint density at radius 3 is 2.53 bits per heavy atom. The van der Waals surface area contributed by atoms with E-state index < -0.39 is 17.7 Å². The second-order valence-corrected chi connectivity index (χ2v) is 9.77. The van der Waals surface area contributed by atoms with E-state index in [1.165, 1.54) is 0 Å². The van der Waals surface area contributed by atoms with Crippen LogP contribution in [0.25, 0.3) is 5.76 Å². The number of nitrogens with zero attached hydrogens (tertiary/aromatic N) is 3. The molecular formula is C28H35N3O5. The second kappa shape index (κ2) is 11.7. The van der Waals surface area contributed by atoms with E-state index in [0.29, 0.717) is 37.8 Å². The number of carbonyl (C=O) groups excluding carboxylic acids is 2. The zero-order chi connectivity index (χ0) is 25.7. The molecular weight excluding hydrogens is 458 g/mol. The van der Waals surface area contributed by atoms with E-state index in [9.17, 15) is 14.7 Å². The molecule has 0 bridgehead atoms. The molecule has 2 saturated heterocycles. The van der Waals surface area contributed by atoms with Crippen molar-refractivity contribution in [1.82, 2.24) is 14.8 Å². The van der Waals surface area contributed by atoms with Crippen molar-refractivity contribution in [2.45, 2.75) is 33.2 Å². The number of aliphatic hydroxyl groups excluding tert-OH is 1. The van der Waals surface area contributed by atoms with Crippen molar-refractivity contribution in [2.75, 3.05) is 46.0 Å². The summed E-state index contributed by atoms with van der Waals surface area (Å²) in [6.45, 7) is 11.0. The maximum Gasteiger partial charge on any atom is 0.295 e. The number of hydrogen-bond donors (Lipinski definition) is 1. The van der Waals surface area contributed by atoms with Gasteiger partial charge >= 0.3 is 0 Å². The normalized spacial score (nSPS) is 20.3. The maximum absolute atomic E-state index is 13.2. The van der Waals surface area contributed by atoms with Crippen LogP contribution in [0.15, 0.2) is 48.3 Å². The highest BCUT2D eigenvalue weighted by Gasteiger charge is 2.45. The van der Waals surface area contributed by atoms with Crippen molar-refractivity contribution in [3.63, 3.8) is 0 Å². The summed E-state index contributed by atoms with van der Waals surface area (Å²) in [6.07, 6.45) is 3.98. The Hall–Kier alpha value is -3.23. The largest absolute Gasteiger partial charge is 0.507 e. The zero-order valence-corrected chi connectivity index (χ0v) is 21.3. The van der Waals surface area contributed by atoms with Gasteiger partial charge in [-0.25, -0.2) is 0 Å². The first-order chi connectivity index (χ1) is 17.4. The Labute approximate surface area is 212 Å². The number of aryl methyl sites for hydroxylation is 1. The minimum Gasteiger partial charge on any atom is -0.507 e. The highest BCUT2D eigenvalue weighted by atomic mass is 16.5. The van der Waals surface area contributed by atoms with Crippen LogP contribution >= 0.6 is 0 Å². The number of likely N-dealkylation sites (tertiary alicyclic amines) is 1. The molecule has 2 aliphatic rings. The summed E-state index contributed by atoms with van der Waals surface area (Å²) in [5, 5.41) is 11.3. The van der Waals surface area contributed by atoms with Gasteiger partial charge in [-0.2, -0.15) is 0 Å². The molecule has 36 heavy (non-hydrogen) atoms. The lowest BCUT2D eigenvalue weighted by Gasteiger charge is -2.29. The monoisotopic (exact) mass is 493 g/mol. The molecule has 0 unspecified atom stereocenters. The number of amides is 1. The van der Waals surface area contributed by atoms with Gasteiger partial charge in [0.25, 0.3) is 11.7 Å². The van der Waals surface area contributed by atoms with Gasteiger partial charge < -0.3 is 19.5 Å². The summed E-state index contributed by atoms with van der Waals surface area (Å²) in [4.78, 5) is 34.3.